The van der Waals surface area contributed by atoms with Crippen molar-refractivity contribution in [3.8, 4) is 0 Å². The third kappa shape index (κ3) is 4.96. The summed E-state index contributed by atoms with van der Waals surface area (Å²) in [7, 11) is 0. The molecule has 2 aromatic heterocycles. The van der Waals surface area contributed by atoms with Crippen LogP contribution >= 0.6 is 23.3 Å². The number of oxime groups is 1. The van der Waals surface area contributed by atoms with E-state index in [1.807, 2.05) is 0 Å². The molecular weight excluding hydrogens is 498 g/mol. The number of carbonyl (C=O) groups excluding carboxylic acids is 3. The third-order valence-electron chi connectivity index (χ3n) is 5.20. The maximum atomic E-state index is 12.9. The molecule has 0 radical (unpaired) electrons. The SMILES string of the molecule is CCON=C(C(=O)NC1C(=O)N2C(C(=O)[O-])=C(C[n+]3ccc(CO)cc3)CS[C@@H]12)c1nsc(N)n1. The molecule has 0 bridgehead atoms. The fourth-order valence-corrected chi connectivity index (χ4v) is 5.34. The lowest BCUT2D eigenvalue weighted by molar-refractivity contribution is -0.689. The van der Waals surface area contributed by atoms with Crippen LogP contribution in [0.25, 0.3) is 0 Å². The number of carboxylic acid groups (broad SMARTS) is 1. The smallest absolute Gasteiger partial charge is 0.278 e. The van der Waals surface area contributed by atoms with Crippen LogP contribution in [0.5, 0.6) is 0 Å². The van der Waals surface area contributed by atoms with Crippen molar-refractivity contribution in [3.05, 3.63) is 47.2 Å². The number of aliphatic hydroxyl groups excluding tert-OH is 1. The topological polar surface area (TPSA) is 187 Å². The minimum Gasteiger partial charge on any atom is -0.543 e. The van der Waals surface area contributed by atoms with Gasteiger partial charge in [0.2, 0.25) is 11.5 Å². The van der Waals surface area contributed by atoms with Gasteiger partial charge in [-0.15, -0.1) is 11.8 Å². The van der Waals surface area contributed by atoms with Gasteiger partial charge in [0, 0.05) is 35.0 Å². The fourth-order valence-electron chi connectivity index (χ4n) is 3.57. The van der Waals surface area contributed by atoms with E-state index in [4.69, 9.17) is 10.6 Å². The maximum Gasteiger partial charge on any atom is 0.278 e. The van der Waals surface area contributed by atoms with Crippen molar-refractivity contribution in [2.75, 3.05) is 18.1 Å². The molecule has 0 aliphatic carbocycles. The molecule has 2 atom stereocenters. The number of rotatable bonds is 9. The molecule has 4 N–H and O–H groups in total. The Morgan fingerprint density at radius 3 is 2.77 bits per heavy atom. The highest BCUT2D eigenvalue weighted by molar-refractivity contribution is 8.00. The van der Waals surface area contributed by atoms with Crippen LogP contribution in [0.15, 0.2) is 41.0 Å². The van der Waals surface area contributed by atoms with Gasteiger partial charge in [-0.3, -0.25) is 14.5 Å². The van der Waals surface area contributed by atoms with E-state index >= 15 is 0 Å². The predicted octanol–water partition coefficient (Wildman–Crippen LogP) is -2.26. The lowest BCUT2D eigenvalue weighted by Crippen LogP contribution is -2.71. The number of amides is 2. The van der Waals surface area contributed by atoms with E-state index in [-0.39, 0.29) is 42.1 Å². The lowest BCUT2D eigenvalue weighted by atomic mass is 10.0. The number of pyridine rings is 1. The number of hydrogen-bond acceptors (Lipinski definition) is 12. The number of hydrogen-bond donors (Lipinski definition) is 3. The molecule has 2 aromatic rings. The standard InChI is InChI=1S/C20H21N7O6S2/c1-2-33-24-12(15-23-20(21)35-25-15)16(29)22-13-17(30)27-14(19(31)32)11(9-34-18(13)27)7-26-5-3-10(8-28)4-6-26/h3-6,13,18,28H,2,7-9H2,1H3,(H3-,21,22,23,25,29,31,32)/t13?,18-/m0/s1. The second-order valence-electron chi connectivity index (χ2n) is 7.45. The number of aliphatic carboxylic acids is 1. The average molecular weight is 520 g/mol. The van der Waals surface area contributed by atoms with Crippen molar-refractivity contribution in [3.63, 3.8) is 0 Å². The van der Waals surface area contributed by atoms with Crippen molar-refractivity contribution in [2.45, 2.75) is 31.5 Å². The lowest BCUT2D eigenvalue weighted by Gasteiger charge is -2.50. The number of aromatic nitrogens is 3. The molecule has 2 aliphatic heterocycles. The van der Waals surface area contributed by atoms with Crippen LogP contribution < -0.4 is 20.7 Å². The molecule has 13 nitrogen and oxygen atoms in total. The molecule has 35 heavy (non-hydrogen) atoms. The van der Waals surface area contributed by atoms with Gasteiger partial charge in [0.05, 0.1) is 18.3 Å². The minimum absolute atomic E-state index is 0.0415. The van der Waals surface area contributed by atoms with Gasteiger partial charge in [0.1, 0.15) is 18.0 Å². The molecule has 0 saturated carbocycles. The number of carboxylic acids is 1. The van der Waals surface area contributed by atoms with E-state index < -0.39 is 29.2 Å². The quantitative estimate of drug-likeness (QED) is 0.141. The Kier molecular flexibility index (Phi) is 7.28. The highest BCUT2D eigenvalue weighted by Gasteiger charge is 2.53. The first kappa shape index (κ1) is 24.6. The number of thioether (sulfide) groups is 1. The Balaban J connectivity index is 1.52. The summed E-state index contributed by atoms with van der Waals surface area (Å²) in [5.74, 6) is -2.55. The summed E-state index contributed by atoms with van der Waals surface area (Å²) >= 11 is 2.20. The Labute approximate surface area is 207 Å². The fraction of sp³-hybridized carbons (Fsp3) is 0.350. The summed E-state index contributed by atoms with van der Waals surface area (Å²) in [5.41, 5.74) is 6.35. The second-order valence-corrected chi connectivity index (χ2v) is 9.34. The van der Waals surface area contributed by atoms with E-state index in [2.05, 4.69) is 19.8 Å². The molecule has 2 aliphatic rings. The van der Waals surface area contributed by atoms with Crippen LogP contribution in [-0.2, 0) is 32.4 Å². The molecule has 1 saturated heterocycles. The summed E-state index contributed by atoms with van der Waals surface area (Å²) in [6.45, 7) is 1.98. The second kappa shape index (κ2) is 10.4. The van der Waals surface area contributed by atoms with Crippen molar-refractivity contribution in [1.82, 2.24) is 19.6 Å². The van der Waals surface area contributed by atoms with Crippen molar-refractivity contribution >= 4 is 51.9 Å². The zero-order valence-electron chi connectivity index (χ0n) is 18.4. The number of nitrogens with one attached hydrogen (secondary N) is 1. The summed E-state index contributed by atoms with van der Waals surface area (Å²) < 4.78 is 5.70. The Hall–Kier alpha value is -3.56. The van der Waals surface area contributed by atoms with Gasteiger partial charge in [0.15, 0.2) is 24.1 Å². The minimum atomic E-state index is -1.48. The van der Waals surface area contributed by atoms with Crippen molar-refractivity contribution in [1.29, 1.82) is 0 Å². The Morgan fingerprint density at radius 2 is 2.17 bits per heavy atom. The molecule has 0 spiro atoms. The number of anilines is 1. The molecule has 184 valence electrons. The summed E-state index contributed by atoms with van der Waals surface area (Å²) in [4.78, 5) is 47.8. The van der Waals surface area contributed by atoms with E-state index in [0.29, 0.717) is 16.9 Å². The molecular formula is C20H21N7O6S2. The first-order chi connectivity index (χ1) is 16.8. The van der Waals surface area contributed by atoms with Crippen LogP contribution in [0.3, 0.4) is 0 Å². The third-order valence-corrected chi connectivity index (χ3v) is 7.08. The average Bonchev–Trinajstić information content (AvgIpc) is 3.28. The number of fused-ring (bicyclic) bond motifs is 1. The van der Waals surface area contributed by atoms with Gasteiger partial charge in [0.25, 0.3) is 11.8 Å². The van der Waals surface area contributed by atoms with Gasteiger partial charge < -0.3 is 30.9 Å². The van der Waals surface area contributed by atoms with Gasteiger partial charge in [-0.1, -0.05) is 5.16 Å². The number of carbonyl (C=O) groups is 3. The van der Waals surface area contributed by atoms with Crippen molar-refractivity contribution < 1.29 is 34.0 Å². The van der Waals surface area contributed by atoms with Crippen LogP contribution in [0.1, 0.15) is 18.3 Å². The van der Waals surface area contributed by atoms with Gasteiger partial charge >= 0.3 is 0 Å². The molecule has 4 heterocycles. The predicted molar refractivity (Wildman–Crippen MR) is 122 cm³/mol. The maximum absolute atomic E-state index is 12.9. The number of aliphatic hydroxyl groups is 1. The van der Waals surface area contributed by atoms with E-state index in [9.17, 15) is 24.6 Å². The summed E-state index contributed by atoms with van der Waals surface area (Å²) in [6.07, 6.45) is 3.42. The van der Waals surface area contributed by atoms with Gasteiger partial charge in [-0.2, -0.15) is 9.36 Å². The van der Waals surface area contributed by atoms with Crippen LogP contribution in [-0.4, -0.2) is 66.6 Å². The van der Waals surface area contributed by atoms with E-state index in [1.54, 1.807) is 36.0 Å². The summed E-state index contributed by atoms with van der Waals surface area (Å²) in [6, 6.07) is 2.44. The van der Waals surface area contributed by atoms with Gasteiger partial charge in [-0.05, 0) is 12.5 Å². The van der Waals surface area contributed by atoms with Crippen molar-refractivity contribution in [2.24, 2.45) is 5.16 Å². The van der Waals surface area contributed by atoms with Crippen LogP contribution in [0.4, 0.5) is 5.13 Å². The number of nitrogens with zero attached hydrogens (tertiary/aromatic N) is 5. The largest absolute Gasteiger partial charge is 0.543 e. The van der Waals surface area contributed by atoms with Crippen LogP contribution in [0, 0.1) is 0 Å². The molecule has 4 rings (SSSR count). The molecule has 0 aromatic carbocycles. The first-order valence-electron chi connectivity index (χ1n) is 10.4. The Bertz CT molecular complexity index is 1210. The molecule has 1 unspecified atom stereocenters. The summed E-state index contributed by atoms with van der Waals surface area (Å²) in [5, 5.41) is 27.0. The Morgan fingerprint density at radius 1 is 1.43 bits per heavy atom. The van der Waals surface area contributed by atoms with Gasteiger partial charge in [-0.25, -0.2) is 4.57 Å². The zero-order valence-corrected chi connectivity index (χ0v) is 20.0. The molecule has 15 heteroatoms. The highest BCUT2D eigenvalue weighted by atomic mass is 32.2. The highest BCUT2D eigenvalue weighted by Crippen LogP contribution is 2.40. The number of β-lactam (4-membered cyclic amide) rings is 1. The zero-order chi connectivity index (χ0) is 25.1. The molecule has 1 fully saturated rings. The van der Waals surface area contributed by atoms with Crippen LogP contribution in [0.2, 0.25) is 0 Å². The normalized spacial score (nSPS) is 19.8. The monoisotopic (exact) mass is 519 g/mol. The molecule has 2 amide bonds. The van der Waals surface area contributed by atoms with E-state index in [1.165, 1.54) is 11.8 Å². The first-order valence-corrected chi connectivity index (χ1v) is 12.2. The number of nitrogen functional groups attached to an aromatic ring is 1. The number of nitrogens with two attached hydrogens (primary N) is 1. The van der Waals surface area contributed by atoms with E-state index in [0.717, 1.165) is 16.4 Å².